The molecule has 14 heavy (non-hydrogen) atoms. The Balaban J connectivity index is 2.51. The summed E-state index contributed by atoms with van der Waals surface area (Å²) in [5.74, 6) is 0.704. The van der Waals surface area contributed by atoms with Crippen molar-refractivity contribution in [2.24, 2.45) is 5.92 Å². The number of carbonyl (C=O) groups excluding carboxylic acids is 1. The number of carbonyl (C=O) groups is 1. The molecule has 3 heteroatoms. The molecule has 0 saturated carbocycles. The van der Waals surface area contributed by atoms with Crippen molar-refractivity contribution in [3.63, 3.8) is 0 Å². The summed E-state index contributed by atoms with van der Waals surface area (Å²) in [6.45, 7) is 9.63. The van der Waals surface area contributed by atoms with Crippen LogP contribution < -0.4 is 0 Å². The minimum atomic E-state index is 0.183. The quantitative estimate of drug-likeness (QED) is 0.677. The highest BCUT2D eigenvalue weighted by molar-refractivity contribution is 5.76. The van der Waals surface area contributed by atoms with E-state index in [1.165, 1.54) is 0 Å². The molecule has 0 spiro atoms. The lowest BCUT2D eigenvalue weighted by Crippen LogP contribution is -2.50. The first-order valence-electron chi connectivity index (χ1n) is 5.41. The van der Waals surface area contributed by atoms with Gasteiger partial charge in [0.05, 0.1) is 18.8 Å². The normalized spacial score (nSPS) is 28.2. The van der Waals surface area contributed by atoms with Gasteiger partial charge in [-0.3, -0.25) is 4.79 Å². The van der Waals surface area contributed by atoms with Crippen LogP contribution >= 0.6 is 0 Å². The third-order valence-electron chi connectivity index (χ3n) is 2.51. The van der Waals surface area contributed by atoms with Gasteiger partial charge in [0, 0.05) is 13.0 Å². The Labute approximate surface area is 86.4 Å². The van der Waals surface area contributed by atoms with Crippen LogP contribution in [0.4, 0.5) is 0 Å². The Bertz CT molecular complexity index is 203. The van der Waals surface area contributed by atoms with E-state index in [0.29, 0.717) is 18.9 Å². The molecule has 1 aliphatic heterocycles. The Morgan fingerprint density at radius 1 is 1.50 bits per heavy atom. The molecule has 0 aliphatic carbocycles. The monoisotopic (exact) mass is 199 g/mol. The first-order valence-corrected chi connectivity index (χ1v) is 5.41. The van der Waals surface area contributed by atoms with E-state index >= 15 is 0 Å². The molecule has 1 aliphatic rings. The van der Waals surface area contributed by atoms with Crippen molar-refractivity contribution in [1.82, 2.24) is 4.90 Å². The number of nitrogens with zero attached hydrogens (tertiary/aromatic N) is 1. The van der Waals surface area contributed by atoms with Crippen molar-refractivity contribution < 1.29 is 9.53 Å². The topological polar surface area (TPSA) is 29.5 Å². The minimum Gasteiger partial charge on any atom is -0.375 e. The second kappa shape index (κ2) is 4.78. The van der Waals surface area contributed by atoms with Crippen molar-refractivity contribution in [2.45, 2.75) is 46.3 Å². The summed E-state index contributed by atoms with van der Waals surface area (Å²) in [7, 11) is 0. The van der Waals surface area contributed by atoms with E-state index in [4.69, 9.17) is 4.74 Å². The summed E-state index contributed by atoms with van der Waals surface area (Å²) in [4.78, 5) is 13.8. The number of ether oxygens (including phenoxy) is 1. The zero-order chi connectivity index (χ0) is 10.7. The third-order valence-corrected chi connectivity index (χ3v) is 2.51. The molecule has 1 saturated heterocycles. The molecule has 0 radical (unpaired) electrons. The van der Waals surface area contributed by atoms with Gasteiger partial charge < -0.3 is 9.64 Å². The van der Waals surface area contributed by atoms with Crippen LogP contribution in [0.3, 0.4) is 0 Å². The van der Waals surface area contributed by atoms with Crippen LogP contribution in [0.25, 0.3) is 0 Å². The molecular formula is C11H21NO2. The van der Waals surface area contributed by atoms with E-state index < -0.39 is 0 Å². The molecule has 3 nitrogen and oxygen atoms in total. The fraction of sp³-hybridized carbons (Fsp3) is 0.909. The minimum absolute atomic E-state index is 0.183. The van der Waals surface area contributed by atoms with Gasteiger partial charge in [0.15, 0.2) is 0 Å². The maximum Gasteiger partial charge on any atom is 0.223 e. The molecule has 0 aromatic rings. The van der Waals surface area contributed by atoms with E-state index in [1.807, 2.05) is 18.7 Å². The summed E-state index contributed by atoms with van der Waals surface area (Å²) in [5, 5.41) is 0. The number of rotatable bonds is 2. The molecule has 1 heterocycles. The number of morpholine rings is 1. The zero-order valence-corrected chi connectivity index (χ0v) is 9.62. The summed E-state index contributed by atoms with van der Waals surface area (Å²) in [6, 6.07) is 0.234. The van der Waals surface area contributed by atoms with E-state index in [2.05, 4.69) is 13.8 Å². The van der Waals surface area contributed by atoms with Crippen molar-refractivity contribution in [3.8, 4) is 0 Å². The smallest absolute Gasteiger partial charge is 0.223 e. The van der Waals surface area contributed by atoms with Crippen LogP contribution in [0, 0.1) is 5.92 Å². The molecule has 2 atom stereocenters. The first kappa shape index (κ1) is 11.5. The SMILES string of the molecule is CC(C)CC(=O)N1CC(C)OCC1C. The summed E-state index contributed by atoms with van der Waals surface area (Å²) >= 11 is 0. The fourth-order valence-electron chi connectivity index (χ4n) is 1.72. The number of hydrogen-bond donors (Lipinski definition) is 0. The second-order valence-corrected chi connectivity index (χ2v) is 4.64. The van der Waals surface area contributed by atoms with E-state index in [9.17, 15) is 4.79 Å². The largest absolute Gasteiger partial charge is 0.375 e. The average Bonchev–Trinajstić information content (AvgIpc) is 2.08. The van der Waals surface area contributed by atoms with Crippen LogP contribution in [0.15, 0.2) is 0 Å². The Hall–Kier alpha value is -0.570. The molecule has 0 bridgehead atoms. The lowest BCUT2D eigenvalue weighted by molar-refractivity contribution is -0.143. The average molecular weight is 199 g/mol. The van der Waals surface area contributed by atoms with Crippen molar-refractivity contribution >= 4 is 5.91 Å². The second-order valence-electron chi connectivity index (χ2n) is 4.64. The standard InChI is InChI=1S/C11H21NO2/c1-8(2)5-11(13)12-6-10(4)14-7-9(12)3/h8-10H,5-7H2,1-4H3. The summed E-state index contributed by atoms with van der Waals surface area (Å²) in [6.07, 6.45) is 0.833. The maximum absolute atomic E-state index is 11.8. The van der Waals surface area contributed by atoms with Gasteiger partial charge >= 0.3 is 0 Å². The third kappa shape index (κ3) is 2.98. The molecule has 1 fully saturated rings. The van der Waals surface area contributed by atoms with Crippen LogP contribution in [0.5, 0.6) is 0 Å². The Morgan fingerprint density at radius 3 is 2.71 bits per heavy atom. The molecule has 1 rings (SSSR count). The van der Waals surface area contributed by atoms with Gasteiger partial charge in [-0.25, -0.2) is 0 Å². The van der Waals surface area contributed by atoms with Gasteiger partial charge in [0.25, 0.3) is 0 Å². The lowest BCUT2D eigenvalue weighted by atomic mass is 10.1. The summed E-state index contributed by atoms with van der Waals surface area (Å²) < 4.78 is 5.48. The number of hydrogen-bond acceptors (Lipinski definition) is 2. The highest BCUT2D eigenvalue weighted by Gasteiger charge is 2.27. The van der Waals surface area contributed by atoms with Gasteiger partial charge in [0.1, 0.15) is 0 Å². The Morgan fingerprint density at radius 2 is 2.14 bits per heavy atom. The fourth-order valence-corrected chi connectivity index (χ4v) is 1.72. The van der Waals surface area contributed by atoms with Gasteiger partial charge in [-0.05, 0) is 19.8 Å². The predicted molar refractivity (Wildman–Crippen MR) is 56.0 cm³/mol. The highest BCUT2D eigenvalue weighted by atomic mass is 16.5. The predicted octanol–water partition coefficient (Wildman–Crippen LogP) is 1.67. The van der Waals surface area contributed by atoms with Gasteiger partial charge in [0.2, 0.25) is 5.91 Å². The van der Waals surface area contributed by atoms with E-state index in [1.54, 1.807) is 0 Å². The summed E-state index contributed by atoms with van der Waals surface area (Å²) in [5.41, 5.74) is 0. The van der Waals surface area contributed by atoms with Crippen LogP contribution in [-0.2, 0) is 9.53 Å². The maximum atomic E-state index is 11.8. The van der Waals surface area contributed by atoms with Crippen LogP contribution in [-0.4, -0.2) is 36.1 Å². The lowest BCUT2D eigenvalue weighted by Gasteiger charge is -2.37. The van der Waals surface area contributed by atoms with Gasteiger partial charge in [-0.2, -0.15) is 0 Å². The molecule has 0 aromatic heterocycles. The molecule has 82 valence electrons. The Kier molecular flexibility index (Phi) is 3.93. The van der Waals surface area contributed by atoms with Crippen LogP contribution in [0.2, 0.25) is 0 Å². The molecular weight excluding hydrogens is 178 g/mol. The van der Waals surface area contributed by atoms with Crippen LogP contribution in [0.1, 0.15) is 34.1 Å². The van der Waals surface area contributed by atoms with Crippen molar-refractivity contribution in [2.75, 3.05) is 13.2 Å². The molecule has 1 amide bonds. The van der Waals surface area contributed by atoms with Gasteiger partial charge in [-0.1, -0.05) is 13.8 Å². The van der Waals surface area contributed by atoms with Gasteiger partial charge in [-0.15, -0.1) is 0 Å². The highest BCUT2D eigenvalue weighted by Crippen LogP contribution is 2.14. The molecule has 2 unspecified atom stereocenters. The molecule has 0 aromatic carbocycles. The van der Waals surface area contributed by atoms with E-state index in [-0.39, 0.29) is 18.1 Å². The first-order chi connectivity index (χ1) is 6.50. The molecule has 0 N–H and O–H groups in total. The zero-order valence-electron chi connectivity index (χ0n) is 9.62. The number of amides is 1. The van der Waals surface area contributed by atoms with Crippen molar-refractivity contribution in [1.29, 1.82) is 0 Å². The van der Waals surface area contributed by atoms with E-state index in [0.717, 1.165) is 6.54 Å². The van der Waals surface area contributed by atoms with Crippen molar-refractivity contribution in [3.05, 3.63) is 0 Å².